The molecule has 0 radical (unpaired) electrons. The van der Waals surface area contributed by atoms with Crippen molar-refractivity contribution in [2.75, 3.05) is 18.4 Å². The van der Waals surface area contributed by atoms with Crippen LogP contribution in [0.15, 0.2) is 30.5 Å². The Morgan fingerprint density at radius 3 is 2.11 bits per heavy atom. The Bertz CT molecular complexity index is 1340. The number of hydrogen-bond acceptors (Lipinski definition) is 5. The Morgan fingerprint density at radius 1 is 0.935 bits per heavy atom. The summed E-state index contributed by atoms with van der Waals surface area (Å²) in [6.07, 6.45) is 9.52. The van der Waals surface area contributed by atoms with Crippen LogP contribution in [-0.4, -0.2) is 68.9 Å². The molecule has 4 atom stereocenters. The monoisotopic (exact) mass is 641 g/mol. The summed E-state index contributed by atoms with van der Waals surface area (Å²) in [6.45, 7) is 5.19. The molecule has 9 nitrogen and oxygen atoms in total. The molecule has 252 valence electrons. The van der Waals surface area contributed by atoms with Crippen molar-refractivity contribution in [3.05, 3.63) is 47.5 Å². The van der Waals surface area contributed by atoms with E-state index in [-0.39, 0.29) is 48.5 Å². The highest BCUT2D eigenvalue weighted by Crippen LogP contribution is 2.42. The Morgan fingerprint density at radius 2 is 1.57 bits per heavy atom. The molecule has 11 heteroatoms. The number of amides is 3. The van der Waals surface area contributed by atoms with Gasteiger partial charge in [-0.15, -0.1) is 0 Å². The minimum absolute atomic E-state index is 0.0358. The van der Waals surface area contributed by atoms with Gasteiger partial charge in [0.15, 0.2) is 0 Å². The van der Waals surface area contributed by atoms with E-state index in [1.54, 1.807) is 29.9 Å². The molecule has 3 aliphatic rings. The average molecular weight is 642 g/mol. The quantitative estimate of drug-likeness (QED) is 0.305. The van der Waals surface area contributed by atoms with Crippen molar-refractivity contribution < 1.29 is 28.3 Å². The molecule has 1 aromatic heterocycles. The number of anilines is 1. The number of β-amino-alcohol motifs (C(OH)–C–C–N with tert-alkyl or cyclic N) is 1. The number of likely N-dealkylation sites (tertiary alicyclic amines) is 1. The third-order valence-corrected chi connectivity index (χ3v) is 10.4. The first-order valence-corrected chi connectivity index (χ1v) is 17.1. The Labute approximate surface area is 270 Å². The van der Waals surface area contributed by atoms with E-state index in [2.05, 4.69) is 15.7 Å². The molecule has 1 aliphatic heterocycles. The lowest BCUT2D eigenvalue weighted by Crippen LogP contribution is -2.53. The summed E-state index contributed by atoms with van der Waals surface area (Å²) in [6, 6.07) is 4.96. The lowest BCUT2D eigenvalue weighted by atomic mass is 9.66. The van der Waals surface area contributed by atoms with E-state index in [0.29, 0.717) is 11.3 Å². The number of alkyl halides is 1. The molecule has 0 unspecified atom stereocenters. The van der Waals surface area contributed by atoms with Crippen LogP contribution < -0.4 is 10.6 Å². The summed E-state index contributed by atoms with van der Waals surface area (Å²) >= 11 is 0. The maximum atomic E-state index is 15.6. The molecule has 2 aromatic rings. The van der Waals surface area contributed by atoms with Crippen LogP contribution in [0.5, 0.6) is 0 Å². The highest BCUT2D eigenvalue weighted by atomic mass is 19.1. The molecule has 2 heterocycles. The van der Waals surface area contributed by atoms with E-state index in [0.717, 1.165) is 64.2 Å². The number of rotatable bonds is 10. The maximum absolute atomic E-state index is 15.6. The third-order valence-electron chi connectivity index (χ3n) is 10.4. The van der Waals surface area contributed by atoms with Crippen molar-refractivity contribution in [3.63, 3.8) is 0 Å². The van der Waals surface area contributed by atoms with Gasteiger partial charge in [-0.1, -0.05) is 70.3 Å². The molecule has 2 aliphatic carbocycles. The van der Waals surface area contributed by atoms with Crippen LogP contribution >= 0.6 is 0 Å². The van der Waals surface area contributed by atoms with Crippen molar-refractivity contribution in [2.24, 2.45) is 17.8 Å². The minimum Gasteiger partial charge on any atom is -0.388 e. The highest BCUT2D eigenvalue weighted by Gasteiger charge is 2.42. The van der Waals surface area contributed by atoms with Crippen LogP contribution in [-0.2, 0) is 9.59 Å². The summed E-state index contributed by atoms with van der Waals surface area (Å²) in [5.74, 6) is -2.25. The first-order valence-electron chi connectivity index (χ1n) is 17.1. The Hall–Kier alpha value is -3.34. The van der Waals surface area contributed by atoms with Gasteiger partial charge in [0.05, 0.1) is 18.2 Å². The topological polar surface area (TPSA) is 117 Å². The second kappa shape index (κ2) is 15.0. The standard InChI is InChI=1S/C35H49F2N5O4/c1-21(2)42-29(16-17-38-42)33(44)40-32(31(23-10-6-4-7-11-23)24-12-8-5-9-13-24)34(45)39-28-15-14-25(18-26(28)36)22(3)35(46)41-19-27(37)30(43)20-41/h14-18,21-24,27,30-32,43H,4-13,19-20H2,1-3H3,(H,39,45)(H,40,44)/t22-,27-,30+,32-/m0/s1. The number of carbonyl (C=O) groups is 3. The summed E-state index contributed by atoms with van der Waals surface area (Å²) in [4.78, 5) is 42.2. The molecule has 1 saturated heterocycles. The van der Waals surface area contributed by atoms with E-state index < -0.39 is 41.9 Å². The number of aromatic nitrogens is 2. The van der Waals surface area contributed by atoms with Crippen molar-refractivity contribution in [1.29, 1.82) is 0 Å². The molecule has 2 saturated carbocycles. The second-order valence-corrected chi connectivity index (χ2v) is 13.9. The van der Waals surface area contributed by atoms with Gasteiger partial charge < -0.3 is 20.6 Å². The molecule has 0 bridgehead atoms. The lowest BCUT2D eigenvalue weighted by Gasteiger charge is -2.42. The summed E-state index contributed by atoms with van der Waals surface area (Å²) in [7, 11) is 0. The van der Waals surface area contributed by atoms with Crippen molar-refractivity contribution in [1.82, 2.24) is 20.0 Å². The van der Waals surface area contributed by atoms with Gasteiger partial charge in [-0.05, 0) is 62.3 Å². The molecule has 3 N–H and O–H groups in total. The fraction of sp³-hybridized carbons (Fsp3) is 0.657. The van der Waals surface area contributed by atoms with E-state index in [1.807, 2.05) is 13.8 Å². The van der Waals surface area contributed by atoms with Crippen molar-refractivity contribution in [2.45, 2.75) is 115 Å². The summed E-state index contributed by atoms with van der Waals surface area (Å²) in [5.41, 5.74) is 0.718. The van der Waals surface area contributed by atoms with Crippen LogP contribution in [0, 0.1) is 23.6 Å². The number of halogens is 2. The largest absolute Gasteiger partial charge is 0.388 e. The zero-order valence-electron chi connectivity index (χ0n) is 27.3. The first kappa shape index (κ1) is 34.0. The molecule has 3 amide bonds. The third kappa shape index (κ3) is 7.61. The summed E-state index contributed by atoms with van der Waals surface area (Å²) < 4.78 is 31.1. The molecule has 1 aromatic carbocycles. The fourth-order valence-electron chi connectivity index (χ4n) is 7.88. The zero-order valence-corrected chi connectivity index (χ0v) is 27.3. The molecular weight excluding hydrogens is 592 g/mol. The Kier molecular flexibility index (Phi) is 11.1. The van der Waals surface area contributed by atoms with E-state index >= 15 is 4.39 Å². The van der Waals surface area contributed by atoms with E-state index in [4.69, 9.17) is 0 Å². The molecular formula is C35H49F2N5O4. The van der Waals surface area contributed by atoms with Crippen molar-refractivity contribution in [3.8, 4) is 0 Å². The van der Waals surface area contributed by atoms with Gasteiger partial charge in [-0.3, -0.25) is 19.1 Å². The van der Waals surface area contributed by atoms with E-state index in [9.17, 15) is 23.9 Å². The predicted molar refractivity (Wildman–Crippen MR) is 171 cm³/mol. The average Bonchev–Trinajstić information content (AvgIpc) is 3.69. The minimum atomic E-state index is -1.50. The molecule has 0 spiro atoms. The van der Waals surface area contributed by atoms with Gasteiger partial charge in [0.1, 0.15) is 29.8 Å². The molecule has 46 heavy (non-hydrogen) atoms. The smallest absolute Gasteiger partial charge is 0.270 e. The SMILES string of the molecule is CC(C)n1nccc1C(=O)N[C@H](C(=O)Nc1ccc([C@H](C)C(=O)N2C[C@@H](O)[C@@H](F)C2)cc1F)C(C1CCCCC1)C1CCCCC1. The van der Waals surface area contributed by atoms with Crippen LogP contribution in [0.3, 0.4) is 0 Å². The first-order chi connectivity index (χ1) is 22.0. The number of carbonyl (C=O) groups excluding carboxylic acids is 3. The van der Waals surface area contributed by atoms with Gasteiger partial charge in [-0.2, -0.15) is 5.10 Å². The lowest BCUT2D eigenvalue weighted by molar-refractivity contribution is -0.131. The number of aliphatic hydroxyl groups is 1. The van der Waals surface area contributed by atoms with E-state index in [1.165, 1.54) is 17.0 Å². The number of aliphatic hydroxyl groups excluding tert-OH is 1. The molecule has 3 fully saturated rings. The zero-order chi connectivity index (χ0) is 33.0. The Balaban J connectivity index is 1.40. The van der Waals surface area contributed by atoms with Gasteiger partial charge in [0.2, 0.25) is 11.8 Å². The predicted octanol–water partition coefficient (Wildman–Crippen LogP) is 5.76. The normalized spacial score (nSPS) is 22.7. The van der Waals surface area contributed by atoms with Crippen LogP contribution in [0.25, 0.3) is 0 Å². The maximum Gasteiger partial charge on any atom is 0.270 e. The highest BCUT2D eigenvalue weighted by molar-refractivity contribution is 6.01. The fourth-order valence-corrected chi connectivity index (χ4v) is 7.88. The van der Waals surface area contributed by atoms with Crippen LogP contribution in [0.4, 0.5) is 14.5 Å². The number of nitrogens with one attached hydrogen (secondary N) is 2. The van der Waals surface area contributed by atoms with Crippen LogP contribution in [0.2, 0.25) is 0 Å². The van der Waals surface area contributed by atoms with Gasteiger partial charge in [-0.25, -0.2) is 8.78 Å². The van der Waals surface area contributed by atoms with Crippen molar-refractivity contribution >= 4 is 23.4 Å². The molecule has 5 rings (SSSR count). The van der Waals surface area contributed by atoms with Gasteiger partial charge in [0, 0.05) is 18.8 Å². The second-order valence-electron chi connectivity index (χ2n) is 13.9. The van der Waals surface area contributed by atoms with Crippen LogP contribution in [0.1, 0.15) is 113 Å². The number of benzene rings is 1. The van der Waals surface area contributed by atoms with Gasteiger partial charge >= 0.3 is 0 Å². The number of nitrogens with zero attached hydrogens (tertiary/aromatic N) is 3. The summed E-state index contributed by atoms with van der Waals surface area (Å²) in [5, 5.41) is 19.9. The van der Waals surface area contributed by atoms with Gasteiger partial charge in [0.25, 0.3) is 5.91 Å². The number of hydrogen-bond donors (Lipinski definition) is 3.